The lowest BCUT2D eigenvalue weighted by molar-refractivity contribution is 0.249. The summed E-state index contributed by atoms with van der Waals surface area (Å²) in [5.41, 5.74) is 0.993. The van der Waals surface area contributed by atoms with Crippen molar-refractivity contribution in [2.45, 2.75) is 38.0 Å². The molecule has 0 saturated heterocycles. The highest BCUT2D eigenvalue weighted by molar-refractivity contribution is 7.89. The molecule has 0 bridgehead atoms. The molecule has 0 aliphatic heterocycles. The first-order valence-corrected chi connectivity index (χ1v) is 7.51. The Morgan fingerprint density at radius 3 is 2.56 bits per heavy atom. The molecule has 1 aromatic heterocycles. The van der Waals surface area contributed by atoms with Crippen LogP contribution in [0.1, 0.15) is 30.7 Å². The fourth-order valence-corrected chi connectivity index (χ4v) is 3.71. The topological polar surface area (TPSA) is 95.1 Å². The van der Waals surface area contributed by atoms with Gasteiger partial charge in [-0.25, -0.2) is 13.1 Å². The third-order valence-corrected chi connectivity index (χ3v) is 5.23. The fourth-order valence-electron chi connectivity index (χ4n) is 2.19. The van der Waals surface area contributed by atoms with Gasteiger partial charge in [0.05, 0.1) is 11.4 Å². The van der Waals surface area contributed by atoms with Gasteiger partial charge in [0.15, 0.2) is 0 Å². The molecule has 0 spiro atoms. The van der Waals surface area contributed by atoms with E-state index >= 15 is 0 Å². The Morgan fingerprint density at radius 1 is 1.44 bits per heavy atom. The number of aryl methyl sites for hydroxylation is 2. The van der Waals surface area contributed by atoms with Crippen LogP contribution in [0.5, 0.6) is 0 Å². The number of sulfonamides is 1. The number of rotatable bonds is 6. The van der Waals surface area contributed by atoms with Crippen molar-refractivity contribution in [3.05, 3.63) is 11.4 Å². The SMILES string of the molecule is Cc1n[nH]c(C)c1S(=O)(=O)NCC1(CCO)CC1. The molecule has 0 radical (unpaired) electrons. The number of nitrogens with zero attached hydrogens (tertiary/aromatic N) is 1. The molecule has 1 heterocycles. The molecule has 1 aromatic rings. The van der Waals surface area contributed by atoms with Crippen LogP contribution < -0.4 is 4.72 Å². The minimum Gasteiger partial charge on any atom is -0.396 e. The van der Waals surface area contributed by atoms with Crippen LogP contribution in [0.25, 0.3) is 0 Å². The summed E-state index contributed by atoms with van der Waals surface area (Å²) in [7, 11) is -3.52. The molecule has 1 fully saturated rings. The normalized spacial score (nSPS) is 17.9. The Morgan fingerprint density at radius 2 is 2.11 bits per heavy atom. The van der Waals surface area contributed by atoms with Crippen LogP contribution in [0.15, 0.2) is 4.90 Å². The summed E-state index contributed by atoms with van der Waals surface area (Å²) in [6.07, 6.45) is 2.59. The first kappa shape index (κ1) is 13.5. The highest BCUT2D eigenvalue weighted by Crippen LogP contribution is 2.48. The minimum absolute atomic E-state index is 0.0344. The van der Waals surface area contributed by atoms with Gasteiger partial charge in [0.25, 0.3) is 0 Å². The predicted molar refractivity (Wildman–Crippen MR) is 66.6 cm³/mol. The molecule has 3 N–H and O–H groups in total. The van der Waals surface area contributed by atoms with Crippen molar-refractivity contribution in [2.24, 2.45) is 5.41 Å². The smallest absolute Gasteiger partial charge is 0.244 e. The zero-order valence-electron chi connectivity index (χ0n) is 10.7. The lowest BCUT2D eigenvalue weighted by Crippen LogP contribution is -2.31. The highest BCUT2D eigenvalue weighted by Gasteiger charge is 2.42. The van der Waals surface area contributed by atoms with E-state index in [0.29, 0.717) is 24.4 Å². The van der Waals surface area contributed by atoms with Crippen molar-refractivity contribution in [1.29, 1.82) is 0 Å². The van der Waals surface area contributed by atoms with E-state index in [1.54, 1.807) is 13.8 Å². The summed E-state index contributed by atoms with van der Waals surface area (Å²) < 4.78 is 27.0. The van der Waals surface area contributed by atoms with Gasteiger partial charge in [0.2, 0.25) is 10.0 Å². The third kappa shape index (κ3) is 2.57. The summed E-state index contributed by atoms with van der Waals surface area (Å²) in [6.45, 7) is 3.85. The number of H-pyrrole nitrogens is 1. The molecule has 2 rings (SSSR count). The molecule has 102 valence electrons. The molecular weight excluding hydrogens is 254 g/mol. The number of aromatic amines is 1. The van der Waals surface area contributed by atoms with Gasteiger partial charge in [-0.05, 0) is 38.5 Å². The van der Waals surface area contributed by atoms with Crippen LogP contribution >= 0.6 is 0 Å². The highest BCUT2D eigenvalue weighted by atomic mass is 32.2. The van der Waals surface area contributed by atoms with Gasteiger partial charge in [-0.1, -0.05) is 0 Å². The van der Waals surface area contributed by atoms with Crippen molar-refractivity contribution >= 4 is 10.0 Å². The molecule has 18 heavy (non-hydrogen) atoms. The number of hydrogen-bond acceptors (Lipinski definition) is 4. The van der Waals surface area contributed by atoms with Gasteiger partial charge >= 0.3 is 0 Å². The van der Waals surface area contributed by atoms with Gasteiger partial charge in [0.1, 0.15) is 4.90 Å². The van der Waals surface area contributed by atoms with Gasteiger partial charge in [-0.15, -0.1) is 0 Å². The van der Waals surface area contributed by atoms with E-state index in [2.05, 4.69) is 14.9 Å². The number of aliphatic hydroxyl groups is 1. The number of aromatic nitrogens is 2. The average molecular weight is 273 g/mol. The molecule has 0 unspecified atom stereocenters. The van der Waals surface area contributed by atoms with Gasteiger partial charge in [-0.2, -0.15) is 5.10 Å². The summed E-state index contributed by atoms with van der Waals surface area (Å²) in [6, 6.07) is 0. The predicted octanol–water partition coefficient (Wildman–Crippen LogP) is 0.467. The molecule has 0 amide bonds. The minimum atomic E-state index is -3.52. The Kier molecular flexibility index (Phi) is 3.48. The molecule has 1 aliphatic rings. The van der Waals surface area contributed by atoms with E-state index in [-0.39, 0.29) is 16.9 Å². The number of aliphatic hydroxyl groups excluding tert-OH is 1. The van der Waals surface area contributed by atoms with Crippen molar-refractivity contribution in [3.63, 3.8) is 0 Å². The van der Waals surface area contributed by atoms with Gasteiger partial charge < -0.3 is 5.11 Å². The standard InChI is InChI=1S/C11H19N3O3S/c1-8-10(9(2)14-13-8)18(16,17)12-7-11(3-4-11)5-6-15/h12,15H,3-7H2,1-2H3,(H,13,14). The maximum atomic E-state index is 12.2. The second kappa shape index (κ2) is 4.64. The zero-order chi connectivity index (χ0) is 13.4. The number of hydrogen-bond donors (Lipinski definition) is 3. The quantitative estimate of drug-likeness (QED) is 0.702. The molecule has 1 aliphatic carbocycles. The second-order valence-corrected chi connectivity index (χ2v) is 6.77. The molecule has 6 nitrogen and oxygen atoms in total. The second-order valence-electron chi connectivity index (χ2n) is 5.06. The lowest BCUT2D eigenvalue weighted by Gasteiger charge is -2.14. The van der Waals surface area contributed by atoms with Crippen LogP contribution in [0.4, 0.5) is 0 Å². The Balaban J connectivity index is 2.09. The molecule has 1 saturated carbocycles. The largest absolute Gasteiger partial charge is 0.396 e. The Hall–Kier alpha value is -0.920. The van der Waals surface area contributed by atoms with Crippen molar-refractivity contribution in [1.82, 2.24) is 14.9 Å². The van der Waals surface area contributed by atoms with Crippen LogP contribution in [-0.4, -0.2) is 36.9 Å². The van der Waals surface area contributed by atoms with E-state index < -0.39 is 10.0 Å². The van der Waals surface area contributed by atoms with E-state index in [4.69, 9.17) is 5.11 Å². The first-order chi connectivity index (χ1) is 8.40. The van der Waals surface area contributed by atoms with E-state index in [0.717, 1.165) is 12.8 Å². The molecule has 7 heteroatoms. The monoisotopic (exact) mass is 273 g/mol. The average Bonchev–Trinajstić information content (AvgIpc) is 2.97. The van der Waals surface area contributed by atoms with Crippen molar-refractivity contribution in [3.8, 4) is 0 Å². The Bertz CT molecular complexity index is 512. The van der Waals surface area contributed by atoms with Crippen LogP contribution in [0.2, 0.25) is 0 Å². The summed E-state index contributed by atoms with van der Waals surface area (Å²) in [5, 5.41) is 15.5. The van der Waals surface area contributed by atoms with Gasteiger partial charge in [-0.3, -0.25) is 5.10 Å². The van der Waals surface area contributed by atoms with Crippen LogP contribution in [0, 0.1) is 19.3 Å². The lowest BCUT2D eigenvalue weighted by atomic mass is 10.0. The van der Waals surface area contributed by atoms with Gasteiger partial charge in [0, 0.05) is 13.2 Å². The van der Waals surface area contributed by atoms with Crippen molar-refractivity contribution in [2.75, 3.05) is 13.2 Å². The van der Waals surface area contributed by atoms with E-state index in [1.165, 1.54) is 0 Å². The molecular formula is C11H19N3O3S. The third-order valence-electron chi connectivity index (χ3n) is 3.57. The fraction of sp³-hybridized carbons (Fsp3) is 0.727. The maximum Gasteiger partial charge on any atom is 0.244 e. The summed E-state index contributed by atoms with van der Waals surface area (Å²) in [4.78, 5) is 0.238. The summed E-state index contributed by atoms with van der Waals surface area (Å²) in [5.74, 6) is 0. The zero-order valence-corrected chi connectivity index (χ0v) is 11.5. The first-order valence-electron chi connectivity index (χ1n) is 6.02. The van der Waals surface area contributed by atoms with Crippen LogP contribution in [0.3, 0.4) is 0 Å². The molecule has 0 aromatic carbocycles. The van der Waals surface area contributed by atoms with Crippen molar-refractivity contribution < 1.29 is 13.5 Å². The molecule has 0 atom stereocenters. The number of nitrogens with one attached hydrogen (secondary N) is 2. The van der Waals surface area contributed by atoms with E-state index in [9.17, 15) is 8.42 Å². The maximum absolute atomic E-state index is 12.2. The Labute approximate surface area is 107 Å². The van der Waals surface area contributed by atoms with E-state index in [1.807, 2.05) is 0 Å². The summed E-state index contributed by atoms with van der Waals surface area (Å²) >= 11 is 0. The van der Waals surface area contributed by atoms with Crippen LogP contribution in [-0.2, 0) is 10.0 Å².